The highest BCUT2D eigenvalue weighted by molar-refractivity contribution is 6.51. The van der Waals surface area contributed by atoms with Crippen LogP contribution in [0.3, 0.4) is 0 Å². The molecule has 0 spiro atoms. The van der Waals surface area contributed by atoms with E-state index in [1.54, 1.807) is 0 Å². The van der Waals surface area contributed by atoms with Crippen molar-refractivity contribution in [3.05, 3.63) is 0 Å². The van der Waals surface area contributed by atoms with Crippen molar-refractivity contribution < 1.29 is 9.90 Å². The van der Waals surface area contributed by atoms with Gasteiger partial charge in [0.2, 0.25) is 4.52 Å². The lowest BCUT2D eigenvalue weighted by Crippen LogP contribution is -2.44. The molecule has 0 rings (SSSR count). The van der Waals surface area contributed by atoms with Gasteiger partial charge >= 0.3 is 6.03 Å². The maximum Gasteiger partial charge on any atom is 0.313 e. The predicted molar refractivity (Wildman–Crippen MR) is 39.0 cm³/mol. The maximum atomic E-state index is 10.1. The van der Waals surface area contributed by atoms with E-state index in [1.807, 2.05) is 5.32 Å². The molecular formula is C3H5Cl3N2O2. The number of primary amides is 1. The van der Waals surface area contributed by atoms with Crippen molar-refractivity contribution in [1.82, 2.24) is 5.32 Å². The molecule has 0 radical (unpaired) electrons. The SMILES string of the molecule is NC(=O)NC(Cl)C(O)(Cl)Cl. The largest absolute Gasteiger partial charge is 0.360 e. The Kier molecular flexibility index (Phi) is 3.51. The molecule has 7 heteroatoms. The van der Waals surface area contributed by atoms with Crippen LogP contribution in [0.2, 0.25) is 0 Å². The quantitative estimate of drug-likeness (QED) is 0.451. The molecule has 0 fully saturated rings. The number of carbonyl (C=O) groups is 1. The summed E-state index contributed by atoms with van der Waals surface area (Å²) in [7, 11) is 0. The molecule has 60 valence electrons. The summed E-state index contributed by atoms with van der Waals surface area (Å²) >= 11 is 15.3. The van der Waals surface area contributed by atoms with Crippen LogP contribution in [0.1, 0.15) is 0 Å². The third kappa shape index (κ3) is 4.00. The molecule has 0 saturated carbocycles. The normalized spacial score (nSPS) is 14.4. The monoisotopic (exact) mass is 206 g/mol. The van der Waals surface area contributed by atoms with Crippen molar-refractivity contribution >= 4 is 40.8 Å². The number of carbonyl (C=O) groups excluding carboxylic acids is 1. The Bertz CT molecular complexity index is 134. The van der Waals surface area contributed by atoms with Gasteiger partial charge in [-0.25, -0.2) is 4.79 Å². The molecule has 0 heterocycles. The van der Waals surface area contributed by atoms with E-state index in [2.05, 4.69) is 5.73 Å². The van der Waals surface area contributed by atoms with E-state index in [1.165, 1.54) is 0 Å². The zero-order chi connectivity index (χ0) is 8.36. The molecule has 0 aliphatic carbocycles. The van der Waals surface area contributed by atoms with Crippen molar-refractivity contribution in [2.45, 2.75) is 10.0 Å². The summed E-state index contributed by atoms with van der Waals surface area (Å²) in [5.74, 6) is 0. The van der Waals surface area contributed by atoms with Gasteiger partial charge in [0.05, 0.1) is 0 Å². The molecule has 0 aromatic carbocycles. The van der Waals surface area contributed by atoms with Gasteiger partial charge in [-0.15, -0.1) is 0 Å². The lowest BCUT2D eigenvalue weighted by Gasteiger charge is -2.18. The highest BCUT2D eigenvalue weighted by Crippen LogP contribution is 2.23. The second-order valence-corrected chi connectivity index (χ2v) is 3.24. The van der Waals surface area contributed by atoms with Gasteiger partial charge in [-0.2, -0.15) is 0 Å². The first-order valence-corrected chi connectivity index (χ1v) is 3.33. The summed E-state index contributed by atoms with van der Waals surface area (Å²) in [6.45, 7) is 0. The van der Waals surface area contributed by atoms with E-state index in [0.29, 0.717) is 0 Å². The van der Waals surface area contributed by atoms with Gasteiger partial charge in [0.15, 0.2) is 5.50 Å². The van der Waals surface area contributed by atoms with Crippen LogP contribution in [0.25, 0.3) is 0 Å². The number of urea groups is 1. The van der Waals surface area contributed by atoms with E-state index < -0.39 is 16.1 Å². The fourth-order valence-electron chi connectivity index (χ4n) is 0.212. The number of rotatable bonds is 2. The minimum atomic E-state index is -2.21. The Balaban J connectivity index is 3.85. The standard InChI is InChI=1S/C3H5Cl3N2O2/c4-1(3(5,6)10)8-2(7)9/h1,10H,(H3,7,8,9). The van der Waals surface area contributed by atoms with Crippen LogP contribution in [-0.2, 0) is 0 Å². The molecule has 2 amide bonds. The second kappa shape index (κ2) is 3.48. The number of aliphatic hydroxyl groups is 1. The van der Waals surface area contributed by atoms with Gasteiger partial charge in [0.1, 0.15) is 0 Å². The van der Waals surface area contributed by atoms with E-state index >= 15 is 0 Å². The third-order valence-electron chi connectivity index (χ3n) is 0.574. The fraction of sp³-hybridized carbons (Fsp3) is 0.667. The Labute approximate surface area is 72.2 Å². The van der Waals surface area contributed by atoms with Gasteiger partial charge in [-0.3, -0.25) is 0 Å². The highest BCUT2D eigenvalue weighted by Gasteiger charge is 2.31. The van der Waals surface area contributed by atoms with Crippen LogP contribution in [0.5, 0.6) is 0 Å². The molecule has 1 atom stereocenters. The summed E-state index contributed by atoms with van der Waals surface area (Å²) in [6.07, 6.45) is 0. The smallest absolute Gasteiger partial charge is 0.313 e. The molecule has 0 bridgehead atoms. The number of hydrogen-bond acceptors (Lipinski definition) is 2. The summed E-state index contributed by atoms with van der Waals surface area (Å²) in [5.41, 5.74) is 3.30. The molecule has 0 aromatic rings. The van der Waals surface area contributed by atoms with Gasteiger partial charge in [0, 0.05) is 0 Å². The predicted octanol–water partition coefficient (Wildman–Crippen LogP) is 0.343. The van der Waals surface area contributed by atoms with Gasteiger partial charge < -0.3 is 16.2 Å². The Morgan fingerprint density at radius 3 is 2.20 bits per heavy atom. The van der Waals surface area contributed by atoms with E-state index in [-0.39, 0.29) is 0 Å². The molecule has 0 aliphatic rings. The van der Waals surface area contributed by atoms with Crippen LogP contribution in [0.4, 0.5) is 4.79 Å². The number of alkyl halides is 3. The molecule has 0 aliphatic heterocycles. The van der Waals surface area contributed by atoms with Crippen LogP contribution < -0.4 is 11.1 Å². The second-order valence-electron chi connectivity index (χ2n) is 1.46. The maximum absolute atomic E-state index is 10.1. The number of amides is 2. The Morgan fingerprint density at radius 2 is 2.10 bits per heavy atom. The molecular weight excluding hydrogens is 202 g/mol. The number of nitrogens with two attached hydrogens (primary N) is 1. The van der Waals surface area contributed by atoms with E-state index in [9.17, 15) is 4.79 Å². The van der Waals surface area contributed by atoms with Crippen molar-refractivity contribution in [2.24, 2.45) is 5.73 Å². The zero-order valence-corrected chi connectivity index (χ0v) is 6.91. The minimum absolute atomic E-state index is 0.917. The van der Waals surface area contributed by atoms with Gasteiger partial charge in [-0.05, 0) is 0 Å². The Morgan fingerprint density at radius 1 is 1.70 bits per heavy atom. The summed E-state index contributed by atoms with van der Waals surface area (Å²) in [6, 6.07) is -0.917. The summed E-state index contributed by atoms with van der Waals surface area (Å²) in [4.78, 5) is 10.1. The van der Waals surface area contributed by atoms with Crippen molar-refractivity contribution in [1.29, 1.82) is 0 Å². The average Bonchev–Trinajstić information content (AvgIpc) is 1.60. The molecule has 10 heavy (non-hydrogen) atoms. The fourth-order valence-corrected chi connectivity index (χ4v) is 0.428. The first kappa shape index (κ1) is 10.1. The van der Waals surface area contributed by atoms with Crippen molar-refractivity contribution in [2.75, 3.05) is 0 Å². The molecule has 4 nitrogen and oxygen atoms in total. The van der Waals surface area contributed by atoms with Crippen LogP contribution in [-0.4, -0.2) is 21.2 Å². The first-order chi connectivity index (χ1) is 4.34. The van der Waals surface area contributed by atoms with E-state index in [4.69, 9.17) is 39.9 Å². The minimum Gasteiger partial charge on any atom is -0.360 e. The lowest BCUT2D eigenvalue weighted by atomic mass is 10.6. The Hall–Kier alpha value is 0.100. The van der Waals surface area contributed by atoms with Crippen LogP contribution in [0, 0.1) is 0 Å². The van der Waals surface area contributed by atoms with Gasteiger partial charge in [-0.1, -0.05) is 34.8 Å². The molecule has 0 saturated heterocycles. The summed E-state index contributed by atoms with van der Waals surface area (Å²) < 4.78 is -2.21. The van der Waals surface area contributed by atoms with Crippen LogP contribution in [0.15, 0.2) is 0 Å². The zero-order valence-electron chi connectivity index (χ0n) is 4.64. The molecule has 1 unspecified atom stereocenters. The molecule has 4 N–H and O–H groups in total. The first-order valence-electron chi connectivity index (χ1n) is 2.14. The lowest BCUT2D eigenvalue weighted by molar-refractivity contribution is 0.192. The van der Waals surface area contributed by atoms with Crippen molar-refractivity contribution in [3.63, 3.8) is 0 Å². The summed E-state index contributed by atoms with van der Waals surface area (Å²) in [5, 5.41) is 10.5. The highest BCUT2D eigenvalue weighted by atomic mass is 35.5. The number of halogens is 3. The van der Waals surface area contributed by atoms with Gasteiger partial charge in [0.25, 0.3) is 0 Å². The van der Waals surface area contributed by atoms with E-state index in [0.717, 1.165) is 0 Å². The average molecular weight is 207 g/mol. The number of hydrogen-bond donors (Lipinski definition) is 3. The number of nitrogens with one attached hydrogen (secondary N) is 1. The van der Waals surface area contributed by atoms with Crippen LogP contribution >= 0.6 is 34.8 Å². The topological polar surface area (TPSA) is 75.4 Å². The molecule has 0 aromatic heterocycles. The van der Waals surface area contributed by atoms with Crippen molar-refractivity contribution in [3.8, 4) is 0 Å². The third-order valence-corrected chi connectivity index (χ3v) is 1.66.